The van der Waals surface area contributed by atoms with Gasteiger partial charge in [0, 0.05) is 13.1 Å². The summed E-state index contributed by atoms with van der Waals surface area (Å²) in [4.78, 5) is 37.9. The van der Waals surface area contributed by atoms with Crippen molar-refractivity contribution in [3.8, 4) is 0 Å². The highest BCUT2D eigenvalue weighted by atomic mass is 32.2. The van der Waals surface area contributed by atoms with Crippen LogP contribution in [0.5, 0.6) is 0 Å². The lowest BCUT2D eigenvalue weighted by molar-refractivity contribution is 0.0228. The number of carbonyl (C=O) groups is 3. The number of hydrogen-bond donors (Lipinski definition) is 0. The number of piperidine rings is 1. The molecule has 30 heavy (non-hydrogen) atoms. The minimum atomic E-state index is -3.59. The van der Waals surface area contributed by atoms with Crippen LogP contribution in [0, 0.1) is 0 Å². The van der Waals surface area contributed by atoms with Gasteiger partial charge in [-0.3, -0.25) is 9.59 Å². The maximum Gasteiger partial charge on any atom is 0.339 e. The Morgan fingerprint density at radius 2 is 1.43 bits per heavy atom. The van der Waals surface area contributed by atoms with E-state index in [4.69, 9.17) is 4.74 Å². The summed E-state index contributed by atoms with van der Waals surface area (Å²) in [5.74, 6) is -1.80. The second kappa shape index (κ2) is 8.00. The molecule has 0 radical (unpaired) electrons. The van der Waals surface area contributed by atoms with E-state index in [0.29, 0.717) is 13.1 Å². The predicted octanol–water partition coefficient (Wildman–Crippen LogP) is 2.27. The lowest BCUT2D eigenvalue weighted by Gasteiger charge is -2.25. The molecule has 0 aromatic heterocycles. The van der Waals surface area contributed by atoms with E-state index in [9.17, 15) is 22.8 Å². The minimum absolute atomic E-state index is 0.112. The molecule has 2 amide bonds. The van der Waals surface area contributed by atoms with Gasteiger partial charge in [-0.2, -0.15) is 4.31 Å². The number of rotatable bonds is 5. The van der Waals surface area contributed by atoms with E-state index < -0.39 is 34.5 Å². The summed E-state index contributed by atoms with van der Waals surface area (Å²) in [7, 11) is -3.59. The normalized spacial score (nSPS) is 17.1. The van der Waals surface area contributed by atoms with Crippen molar-refractivity contribution in [1.29, 1.82) is 0 Å². The van der Waals surface area contributed by atoms with Gasteiger partial charge in [0.1, 0.15) is 0 Å². The zero-order chi connectivity index (χ0) is 21.3. The summed E-state index contributed by atoms with van der Waals surface area (Å²) in [6, 6.07) is 11.8. The average molecular weight is 428 g/mol. The maximum atomic E-state index is 12.7. The van der Waals surface area contributed by atoms with Crippen LogP contribution in [0.2, 0.25) is 0 Å². The fraction of sp³-hybridized carbons (Fsp3) is 0.286. The second-order valence-corrected chi connectivity index (χ2v) is 9.07. The molecule has 2 aromatic carbocycles. The van der Waals surface area contributed by atoms with Gasteiger partial charge in [-0.25, -0.2) is 18.1 Å². The van der Waals surface area contributed by atoms with Crippen molar-refractivity contribution >= 4 is 27.8 Å². The smallest absolute Gasteiger partial charge is 0.339 e. The fourth-order valence-corrected chi connectivity index (χ4v) is 5.10. The van der Waals surface area contributed by atoms with Crippen LogP contribution in [-0.2, 0) is 14.8 Å². The number of hydrogen-bond acceptors (Lipinski definition) is 6. The van der Waals surface area contributed by atoms with Gasteiger partial charge in [0.05, 0.1) is 21.6 Å². The van der Waals surface area contributed by atoms with Crippen LogP contribution in [0.4, 0.5) is 0 Å². The van der Waals surface area contributed by atoms with Gasteiger partial charge in [0.25, 0.3) is 11.8 Å². The number of fused-ring (bicyclic) bond motifs is 1. The highest BCUT2D eigenvalue weighted by molar-refractivity contribution is 7.89. The molecule has 2 aliphatic heterocycles. The molecule has 0 atom stereocenters. The van der Waals surface area contributed by atoms with Crippen molar-refractivity contribution in [3.05, 3.63) is 65.2 Å². The van der Waals surface area contributed by atoms with Crippen molar-refractivity contribution in [2.45, 2.75) is 24.2 Å². The second-order valence-electron chi connectivity index (χ2n) is 7.13. The highest BCUT2D eigenvalue weighted by Crippen LogP contribution is 2.23. The lowest BCUT2D eigenvalue weighted by Crippen LogP contribution is -2.35. The quantitative estimate of drug-likeness (QED) is 0.535. The standard InChI is InChI=1S/C21H20N2O6S/c24-19-17-6-2-3-7-18(17)20(25)23(19)14-29-21(26)15-8-10-16(11-9-15)30(27,28)22-12-4-1-5-13-22/h2-3,6-11H,1,4-5,12-14H2. The summed E-state index contributed by atoms with van der Waals surface area (Å²) in [5.41, 5.74) is 0.667. The molecule has 0 unspecified atom stereocenters. The van der Waals surface area contributed by atoms with Crippen molar-refractivity contribution in [2.75, 3.05) is 19.8 Å². The zero-order valence-electron chi connectivity index (χ0n) is 16.1. The first-order valence-corrected chi connectivity index (χ1v) is 11.1. The van der Waals surface area contributed by atoms with Gasteiger partial charge in [-0.05, 0) is 49.2 Å². The number of ether oxygens (including phenoxy) is 1. The third-order valence-corrected chi connectivity index (χ3v) is 7.16. The Labute approximate surface area is 174 Å². The minimum Gasteiger partial charge on any atom is -0.440 e. The van der Waals surface area contributed by atoms with Gasteiger partial charge in [-0.15, -0.1) is 0 Å². The van der Waals surface area contributed by atoms with Crippen molar-refractivity contribution in [2.24, 2.45) is 0 Å². The molecule has 2 aliphatic rings. The number of esters is 1. The Balaban J connectivity index is 1.41. The van der Waals surface area contributed by atoms with Gasteiger partial charge in [0.15, 0.2) is 6.73 Å². The molecule has 1 saturated heterocycles. The molecule has 0 spiro atoms. The van der Waals surface area contributed by atoms with Crippen molar-refractivity contribution in [3.63, 3.8) is 0 Å². The van der Waals surface area contributed by atoms with Crippen LogP contribution < -0.4 is 0 Å². The summed E-state index contributed by atoms with van der Waals surface area (Å²) in [5, 5.41) is 0. The fourth-order valence-electron chi connectivity index (χ4n) is 3.58. The van der Waals surface area contributed by atoms with Crippen LogP contribution in [-0.4, -0.2) is 55.2 Å². The number of sulfonamides is 1. The number of nitrogens with zero attached hydrogens (tertiary/aromatic N) is 2. The molecule has 4 rings (SSSR count). The van der Waals surface area contributed by atoms with Crippen molar-refractivity contribution < 1.29 is 27.5 Å². The molecule has 0 bridgehead atoms. The van der Waals surface area contributed by atoms with E-state index in [2.05, 4.69) is 0 Å². The monoisotopic (exact) mass is 428 g/mol. The first kappa shape index (κ1) is 20.2. The Morgan fingerprint density at radius 1 is 0.867 bits per heavy atom. The SMILES string of the molecule is O=C(OCN1C(=O)c2ccccc2C1=O)c1ccc(S(=O)(=O)N2CCCCC2)cc1. The Bertz CT molecular complexity index is 1070. The molecular weight excluding hydrogens is 408 g/mol. The largest absolute Gasteiger partial charge is 0.440 e. The van der Waals surface area contributed by atoms with E-state index in [1.807, 2.05) is 0 Å². The molecule has 0 aliphatic carbocycles. The number of carbonyl (C=O) groups excluding carboxylic acids is 3. The van der Waals surface area contributed by atoms with Crippen LogP contribution >= 0.6 is 0 Å². The predicted molar refractivity (Wildman–Crippen MR) is 106 cm³/mol. The van der Waals surface area contributed by atoms with Crippen molar-refractivity contribution in [1.82, 2.24) is 9.21 Å². The van der Waals surface area contributed by atoms with Crippen LogP contribution in [0.25, 0.3) is 0 Å². The molecule has 1 fully saturated rings. The molecule has 9 heteroatoms. The van der Waals surface area contributed by atoms with E-state index in [1.54, 1.807) is 24.3 Å². The number of benzene rings is 2. The third kappa shape index (κ3) is 3.61. The Kier molecular flexibility index (Phi) is 5.40. The number of amides is 2. The van der Waals surface area contributed by atoms with Gasteiger partial charge < -0.3 is 4.74 Å². The van der Waals surface area contributed by atoms with Crippen LogP contribution in [0.1, 0.15) is 50.3 Å². The summed E-state index contributed by atoms with van der Waals surface area (Å²) < 4.78 is 31.9. The van der Waals surface area contributed by atoms with E-state index >= 15 is 0 Å². The van der Waals surface area contributed by atoms with Gasteiger partial charge >= 0.3 is 5.97 Å². The van der Waals surface area contributed by atoms with E-state index in [0.717, 1.165) is 24.2 Å². The zero-order valence-corrected chi connectivity index (χ0v) is 16.9. The Morgan fingerprint density at radius 3 is 2.00 bits per heavy atom. The average Bonchev–Trinajstić information content (AvgIpc) is 3.03. The van der Waals surface area contributed by atoms with Gasteiger partial charge in [0.2, 0.25) is 10.0 Å². The van der Waals surface area contributed by atoms with Crippen LogP contribution in [0.15, 0.2) is 53.4 Å². The molecule has 0 N–H and O–H groups in total. The molecular formula is C21H20N2O6S. The first-order chi connectivity index (χ1) is 14.4. The molecule has 156 valence electrons. The van der Waals surface area contributed by atoms with E-state index in [1.165, 1.54) is 28.6 Å². The molecule has 2 heterocycles. The molecule has 8 nitrogen and oxygen atoms in total. The lowest BCUT2D eigenvalue weighted by atomic mass is 10.1. The van der Waals surface area contributed by atoms with E-state index in [-0.39, 0.29) is 21.6 Å². The maximum absolute atomic E-state index is 12.7. The summed E-state index contributed by atoms with van der Waals surface area (Å²) in [6.07, 6.45) is 2.69. The molecule has 0 saturated carbocycles. The third-order valence-electron chi connectivity index (χ3n) is 5.25. The summed E-state index contributed by atoms with van der Waals surface area (Å²) >= 11 is 0. The first-order valence-electron chi connectivity index (χ1n) is 9.62. The number of imide groups is 1. The van der Waals surface area contributed by atoms with Crippen LogP contribution in [0.3, 0.4) is 0 Å². The topological polar surface area (TPSA) is 101 Å². The van der Waals surface area contributed by atoms with Gasteiger partial charge in [-0.1, -0.05) is 18.6 Å². The Hall–Kier alpha value is -3.04. The highest BCUT2D eigenvalue weighted by Gasteiger charge is 2.36. The molecule has 2 aromatic rings. The summed E-state index contributed by atoms with van der Waals surface area (Å²) in [6.45, 7) is 0.470.